The second-order valence-corrected chi connectivity index (χ2v) is 5.20. The highest BCUT2D eigenvalue weighted by Crippen LogP contribution is 2.18. The number of para-hydroxylation sites is 1. The number of aromatic nitrogens is 1. The minimum atomic E-state index is 0. The monoisotopic (exact) mass is 470 g/mol. The van der Waals surface area contributed by atoms with E-state index < -0.39 is 0 Å². The molecule has 2 N–H and O–H groups in total. The molecule has 0 unspecified atom stereocenters. The molecule has 0 saturated carbocycles. The summed E-state index contributed by atoms with van der Waals surface area (Å²) < 4.78 is 11.3. The topological polar surface area (TPSA) is 67.8 Å². The van der Waals surface area contributed by atoms with Crippen molar-refractivity contribution in [1.82, 2.24) is 15.6 Å². The van der Waals surface area contributed by atoms with E-state index in [-0.39, 0.29) is 24.0 Å². The van der Waals surface area contributed by atoms with Crippen LogP contribution in [0.4, 0.5) is 0 Å². The number of guanidine groups is 1. The first kappa shape index (κ1) is 22.0. The third kappa shape index (κ3) is 7.90. The molecule has 142 valence electrons. The Bertz CT molecular complexity index is 653. The maximum atomic E-state index is 5.64. The summed E-state index contributed by atoms with van der Waals surface area (Å²) in [5.74, 6) is 2.39. The average molecular weight is 470 g/mol. The highest BCUT2D eigenvalue weighted by atomic mass is 127. The van der Waals surface area contributed by atoms with Gasteiger partial charge in [-0.2, -0.15) is 0 Å². The van der Waals surface area contributed by atoms with Crippen LogP contribution in [0.2, 0.25) is 0 Å². The number of hydrogen-bond acceptors (Lipinski definition) is 4. The summed E-state index contributed by atoms with van der Waals surface area (Å²) in [6.07, 6.45) is 3.42. The molecule has 26 heavy (non-hydrogen) atoms. The molecule has 0 spiro atoms. The molecule has 0 aliphatic carbocycles. The second-order valence-electron chi connectivity index (χ2n) is 5.20. The Morgan fingerprint density at radius 2 is 1.92 bits per heavy atom. The van der Waals surface area contributed by atoms with E-state index in [9.17, 15) is 0 Å². The number of rotatable bonds is 9. The third-order valence-electron chi connectivity index (χ3n) is 3.32. The first-order valence-electron chi connectivity index (χ1n) is 8.59. The van der Waals surface area contributed by atoms with Gasteiger partial charge in [0.25, 0.3) is 0 Å². The molecular formula is C19H27IN4O2. The van der Waals surface area contributed by atoms with Crippen molar-refractivity contribution in [3.8, 4) is 11.5 Å². The average Bonchev–Trinajstić information content (AvgIpc) is 2.65. The van der Waals surface area contributed by atoms with Gasteiger partial charge in [-0.25, -0.2) is 4.99 Å². The van der Waals surface area contributed by atoms with Crippen LogP contribution in [0.25, 0.3) is 0 Å². The Morgan fingerprint density at radius 1 is 1.08 bits per heavy atom. The molecule has 7 heteroatoms. The lowest BCUT2D eigenvalue weighted by molar-refractivity contribution is 0.320. The van der Waals surface area contributed by atoms with Crippen LogP contribution < -0.4 is 20.1 Å². The van der Waals surface area contributed by atoms with Gasteiger partial charge in [0.1, 0.15) is 18.1 Å². The van der Waals surface area contributed by atoms with Gasteiger partial charge >= 0.3 is 0 Å². The van der Waals surface area contributed by atoms with Crippen LogP contribution in [0.1, 0.15) is 19.4 Å². The SMILES string of the molecule is CCNC(=NCc1ccccc1OCC)NCCOc1cccnc1.I. The number of halogens is 1. The Labute approximate surface area is 172 Å². The van der Waals surface area contributed by atoms with E-state index in [1.807, 2.05) is 50.2 Å². The first-order valence-corrected chi connectivity index (χ1v) is 8.59. The summed E-state index contributed by atoms with van der Waals surface area (Å²) in [5.41, 5.74) is 1.06. The molecule has 0 atom stereocenters. The van der Waals surface area contributed by atoms with Gasteiger partial charge in [0.2, 0.25) is 0 Å². The predicted octanol–water partition coefficient (Wildman–Crippen LogP) is 3.23. The number of nitrogens with one attached hydrogen (secondary N) is 2. The molecule has 0 aliphatic rings. The normalized spacial score (nSPS) is 10.6. The zero-order chi connectivity index (χ0) is 17.7. The molecule has 0 aliphatic heterocycles. The molecule has 0 fully saturated rings. The molecule has 0 radical (unpaired) electrons. The standard InChI is InChI=1S/C19H26N4O2.HI/c1-3-21-19(22-12-13-25-17-9-7-11-20-15-17)23-14-16-8-5-6-10-18(16)24-4-2;/h5-11,15H,3-4,12-14H2,1-2H3,(H2,21,22,23);1H. The summed E-state index contributed by atoms with van der Waals surface area (Å²) in [5, 5.41) is 6.50. The quantitative estimate of drug-likeness (QED) is 0.255. The third-order valence-corrected chi connectivity index (χ3v) is 3.32. The molecule has 1 aromatic heterocycles. The van der Waals surface area contributed by atoms with E-state index >= 15 is 0 Å². The van der Waals surface area contributed by atoms with Crippen molar-refractivity contribution in [3.05, 3.63) is 54.4 Å². The predicted molar refractivity (Wildman–Crippen MR) is 116 cm³/mol. The molecule has 1 aromatic carbocycles. The Balaban J connectivity index is 0.00000338. The Hall–Kier alpha value is -2.03. The molecule has 6 nitrogen and oxygen atoms in total. The molecule has 0 saturated heterocycles. The van der Waals surface area contributed by atoms with E-state index in [1.165, 1.54) is 0 Å². The van der Waals surface area contributed by atoms with Crippen molar-refractivity contribution in [1.29, 1.82) is 0 Å². The van der Waals surface area contributed by atoms with Crippen molar-refractivity contribution in [3.63, 3.8) is 0 Å². The van der Waals surface area contributed by atoms with E-state index in [0.29, 0.717) is 26.3 Å². The zero-order valence-corrected chi connectivity index (χ0v) is 17.6. The molecule has 2 aromatic rings. The van der Waals surface area contributed by atoms with Crippen molar-refractivity contribution in [2.24, 2.45) is 4.99 Å². The van der Waals surface area contributed by atoms with Crippen molar-refractivity contribution in [2.45, 2.75) is 20.4 Å². The summed E-state index contributed by atoms with van der Waals surface area (Å²) in [6, 6.07) is 11.7. The van der Waals surface area contributed by atoms with Crippen LogP contribution in [0.3, 0.4) is 0 Å². The molecule has 1 heterocycles. The first-order chi connectivity index (χ1) is 12.3. The minimum Gasteiger partial charge on any atom is -0.494 e. The maximum Gasteiger partial charge on any atom is 0.191 e. The van der Waals surface area contributed by atoms with Crippen molar-refractivity contribution < 1.29 is 9.47 Å². The van der Waals surface area contributed by atoms with Gasteiger partial charge in [0, 0.05) is 18.3 Å². The zero-order valence-electron chi connectivity index (χ0n) is 15.3. The number of benzene rings is 1. The van der Waals surface area contributed by atoms with Gasteiger partial charge in [-0.15, -0.1) is 24.0 Å². The maximum absolute atomic E-state index is 5.64. The lowest BCUT2D eigenvalue weighted by Gasteiger charge is -2.13. The number of aliphatic imine (C=N–C) groups is 1. The number of pyridine rings is 1. The number of hydrogen-bond donors (Lipinski definition) is 2. The lowest BCUT2D eigenvalue weighted by atomic mass is 10.2. The van der Waals surface area contributed by atoms with Crippen LogP contribution in [0.15, 0.2) is 53.8 Å². The lowest BCUT2D eigenvalue weighted by Crippen LogP contribution is -2.39. The van der Waals surface area contributed by atoms with Crippen LogP contribution in [0, 0.1) is 0 Å². The van der Waals surface area contributed by atoms with Gasteiger partial charge in [-0.05, 0) is 32.0 Å². The summed E-state index contributed by atoms with van der Waals surface area (Å²) >= 11 is 0. The fourth-order valence-corrected chi connectivity index (χ4v) is 2.21. The van der Waals surface area contributed by atoms with Crippen LogP contribution in [-0.4, -0.2) is 37.2 Å². The molecule has 2 rings (SSSR count). The Morgan fingerprint density at radius 3 is 2.65 bits per heavy atom. The largest absolute Gasteiger partial charge is 0.494 e. The van der Waals surface area contributed by atoms with Crippen molar-refractivity contribution >= 4 is 29.9 Å². The summed E-state index contributed by atoms with van der Waals surface area (Å²) in [6.45, 7) is 7.19. The van der Waals surface area contributed by atoms with E-state index in [1.54, 1.807) is 12.4 Å². The van der Waals surface area contributed by atoms with Gasteiger partial charge in [-0.1, -0.05) is 18.2 Å². The Kier molecular flexibility index (Phi) is 11.2. The summed E-state index contributed by atoms with van der Waals surface area (Å²) in [7, 11) is 0. The fourth-order valence-electron chi connectivity index (χ4n) is 2.21. The highest BCUT2D eigenvalue weighted by molar-refractivity contribution is 14.0. The van der Waals surface area contributed by atoms with E-state index in [2.05, 4.69) is 20.6 Å². The minimum absolute atomic E-state index is 0. The second kappa shape index (κ2) is 13.2. The van der Waals surface area contributed by atoms with Gasteiger partial charge < -0.3 is 20.1 Å². The summed E-state index contributed by atoms with van der Waals surface area (Å²) in [4.78, 5) is 8.64. The fraction of sp³-hybridized carbons (Fsp3) is 0.368. The van der Waals surface area contributed by atoms with Gasteiger partial charge in [0.05, 0.1) is 25.9 Å². The smallest absolute Gasteiger partial charge is 0.191 e. The number of ether oxygens (including phenoxy) is 2. The van der Waals surface area contributed by atoms with Crippen LogP contribution >= 0.6 is 24.0 Å². The van der Waals surface area contributed by atoms with Crippen molar-refractivity contribution in [2.75, 3.05) is 26.3 Å². The van der Waals surface area contributed by atoms with Crippen LogP contribution in [0.5, 0.6) is 11.5 Å². The van der Waals surface area contributed by atoms with Gasteiger partial charge in [0.15, 0.2) is 5.96 Å². The highest BCUT2D eigenvalue weighted by Gasteiger charge is 2.03. The van der Waals surface area contributed by atoms with Gasteiger partial charge in [-0.3, -0.25) is 4.98 Å². The molecular weight excluding hydrogens is 443 g/mol. The van der Waals surface area contributed by atoms with E-state index in [4.69, 9.17) is 9.47 Å². The molecule has 0 bridgehead atoms. The molecule has 0 amide bonds. The number of nitrogens with zero attached hydrogens (tertiary/aromatic N) is 2. The van der Waals surface area contributed by atoms with E-state index in [0.717, 1.165) is 29.6 Å². The van der Waals surface area contributed by atoms with Crippen LogP contribution in [-0.2, 0) is 6.54 Å².